The summed E-state index contributed by atoms with van der Waals surface area (Å²) in [6, 6.07) is 16.1. The van der Waals surface area contributed by atoms with E-state index in [4.69, 9.17) is 11.2 Å². The van der Waals surface area contributed by atoms with Gasteiger partial charge in [0.25, 0.3) is 0 Å². The molecule has 0 saturated heterocycles. The maximum atomic E-state index is 5.92. The summed E-state index contributed by atoms with van der Waals surface area (Å²) in [5.74, 6) is 4.41. The first kappa shape index (κ1) is 12.3. The number of hydrogen-bond acceptors (Lipinski definition) is 1. The Kier molecular flexibility index (Phi) is 4.04. The zero-order chi connectivity index (χ0) is 12.8. The van der Waals surface area contributed by atoms with Crippen LogP contribution in [0.3, 0.4) is 0 Å². The van der Waals surface area contributed by atoms with Gasteiger partial charge in [-0.05, 0) is 42.7 Å². The van der Waals surface area contributed by atoms with Crippen LogP contribution in [-0.4, -0.2) is 0 Å². The minimum absolute atomic E-state index is 0.730. The van der Waals surface area contributed by atoms with Crippen LogP contribution in [0.4, 0.5) is 0 Å². The van der Waals surface area contributed by atoms with Gasteiger partial charge in [-0.1, -0.05) is 30.3 Å². The number of hydrogen-bond donors (Lipinski definition) is 0. The van der Waals surface area contributed by atoms with Crippen molar-refractivity contribution in [1.82, 2.24) is 0 Å². The molecule has 90 valence electrons. The van der Waals surface area contributed by atoms with Crippen molar-refractivity contribution in [1.29, 1.82) is 0 Å². The molecule has 0 bridgehead atoms. The molecule has 0 amide bonds. The Bertz CT molecular complexity index is 564. The Balaban J connectivity index is 2.21. The quantitative estimate of drug-likeness (QED) is 0.717. The zero-order valence-electron chi connectivity index (χ0n) is 10.5. The molecule has 0 atom stereocenters. The van der Waals surface area contributed by atoms with E-state index in [-0.39, 0.29) is 0 Å². The summed E-state index contributed by atoms with van der Waals surface area (Å²) in [5.41, 5.74) is 2.34. The fourth-order valence-corrected chi connectivity index (χ4v) is 1.82. The highest BCUT2D eigenvalue weighted by molar-refractivity contribution is 5.39. The number of benzene rings is 2. The zero-order valence-corrected chi connectivity index (χ0v) is 10.5. The van der Waals surface area contributed by atoms with Crippen molar-refractivity contribution in [2.45, 2.75) is 19.8 Å². The van der Waals surface area contributed by atoms with Crippen LogP contribution in [0.2, 0.25) is 0 Å². The average molecular weight is 236 g/mol. The molecule has 2 aromatic carbocycles. The van der Waals surface area contributed by atoms with Gasteiger partial charge in [0.2, 0.25) is 0 Å². The van der Waals surface area contributed by atoms with E-state index >= 15 is 0 Å². The Morgan fingerprint density at radius 1 is 1.11 bits per heavy atom. The van der Waals surface area contributed by atoms with Crippen molar-refractivity contribution < 1.29 is 4.74 Å². The largest absolute Gasteiger partial charge is 0.457 e. The molecule has 0 aromatic heterocycles. The predicted molar refractivity (Wildman–Crippen MR) is 74.8 cm³/mol. The molecule has 0 heterocycles. The fraction of sp³-hybridized carbons (Fsp3) is 0.176. The summed E-state index contributed by atoms with van der Waals surface area (Å²) in [5, 5.41) is 0. The van der Waals surface area contributed by atoms with Crippen LogP contribution >= 0.6 is 0 Å². The van der Waals surface area contributed by atoms with Crippen LogP contribution in [0.5, 0.6) is 11.5 Å². The minimum Gasteiger partial charge on any atom is -0.457 e. The van der Waals surface area contributed by atoms with Crippen LogP contribution in [0.25, 0.3) is 0 Å². The maximum Gasteiger partial charge on any atom is 0.130 e. The normalized spacial score (nSPS) is 9.78. The molecule has 0 spiro atoms. The van der Waals surface area contributed by atoms with Gasteiger partial charge in [-0.25, -0.2) is 0 Å². The van der Waals surface area contributed by atoms with E-state index < -0.39 is 0 Å². The highest BCUT2D eigenvalue weighted by Crippen LogP contribution is 2.26. The Morgan fingerprint density at radius 3 is 2.72 bits per heavy atom. The molecule has 2 rings (SSSR count). The molecule has 2 aromatic rings. The van der Waals surface area contributed by atoms with Crippen LogP contribution in [-0.2, 0) is 6.42 Å². The Labute approximate surface area is 108 Å². The number of rotatable bonds is 4. The van der Waals surface area contributed by atoms with Gasteiger partial charge in [-0.2, -0.15) is 0 Å². The minimum atomic E-state index is 0.730. The van der Waals surface area contributed by atoms with E-state index in [2.05, 4.69) is 25.0 Å². The smallest absolute Gasteiger partial charge is 0.130 e. The number of terminal acetylenes is 1. The van der Waals surface area contributed by atoms with Crippen LogP contribution < -0.4 is 4.74 Å². The lowest BCUT2D eigenvalue weighted by Crippen LogP contribution is -1.91. The molecular formula is C17H16O. The second-order valence-corrected chi connectivity index (χ2v) is 4.23. The summed E-state index contributed by atoms with van der Waals surface area (Å²) in [7, 11) is 0. The maximum absolute atomic E-state index is 5.92. The molecule has 0 radical (unpaired) electrons. The van der Waals surface area contributed by atoms with Gasteiger partial charge in [0.05, 0.1) is 0 Å². The van der Waals surface area contributed by atoms with E-state index in [0.717, 1.165) is 29.9 Å². The van der Waals surface area contributed by atoms with Crippen molar-refractivity contribution in [3.8, 4) is 23.8 Å². The molecule has 0 aliphatic heterocycles. The first-order chi connectivity index (χ1) is 8.79. The second-order valence-electron chi connectivity index (χ2n) is 4.23. The summed E-state index contributed by atoms with van der Waals surface area (Å²) in [6.07, 6.45) is 6.88. The molecule has 0 aliphatic carbocycles. The third-order valence-corrected chi connectivity index (χ3v) is 2.73. The Hall–Kier alpha value is -2.20. The first-order valence-corrected chi connectivity index (χ1v) is 6.05. The SMILES string of the molecule is C#CCCc1ccccc1Oc1cccc(C)c1. The molecule has 1 nitrogen and oxygen atoms in total. The molecule has 0 saturated carbocycles. The molecule has 0 unspecified atom stereocenters. The van der Waals surface area contributed by atoms with Crippen molar-refractivity contribution in [2.75, 3.05) is 0 Å². The lowest BCUT2D eigenvalue weighted by molar-refractivity contribution is 0.476. The fourth-order valence-electron chi connectivity index (χ4n) is 1.82. The number of para-hydroxylation sites is 1. The van der Waals surface area contributed by atoms with Crippen LogP contribution in [0.1, 0.15) is 17.5 Å². The van der Waals surface area contributed by atoms with Crippen LogP contribution in [0.15, 0.2) is 48.5 Å². The number of aryl methyl sites for hydroxylation is 2. The van der Waals surface area contributed by atoms with Crippen molar-refractivity contribution in [2.24, 2.45) is 0 Å². The van der Waals surface area contributed by atoms with Gasteiger partial charge in [0.15, 0.2) is 0 Å². The van der Waals surface area contributed by atoms with Gasteiger partial charge in [-0.15, -0.1) is 12.3 Å². The molecule has 0 aliphatic rings. The second kappa shape index (κ2) is 5.93. The van der Waals surface area contributed by atoms with E-state index in [1.807, 2.05) is 36.4 Å². The average Bonchev–Trinajstić information content (AvgIpc) is 2.38. The summed E-state index contributed by atoms with van der Waals surface area (Å²) in [6.45, 7) is 2.05. The summed E-state index contributed by atoms with van der Waals surface area (Å²) >= 11 is 0. The van der Waals surface area contributed by atoms with E-state index in [1.165, 1.54) is 5.56 Å². The molecule has 0 N–H and O–H groups in total. The van der Waals surface area contributed by atoms with E-state index in [1.54, 1.807) is 0 Å². The third kappa shape index (κ3) is 3.15. The third-order valence-electron chi connectivity index (χ3n) is 2.73. The van der Waals surface area contributed by atoms with Gasteiger partial charge in [0, 0.05) is 6.42 Å². The molecular weight excluding hydrogens is 220 g/mol. The lowest BCUT2D eigenvalue weighted by atomic mass is 10.1. The molecule has 18 heavy (non-hydrogen) atoms. The monoisotopic (exact) mass is 236 g/mol. The highest BCUT2D eigenvalue weighted by atomic mass is 16.5. The van der Waals surface area contributed by atoms with Crippen molar-refractivity contribution in [3.05, 3.63) is 59.7 Å². The predicted octanol–water partition coefficient (Wildman–Crippen LogP) is 4.35. The highest BCUT2D eigenvalue weighted by Gasteiger charge is 2.03. The summed E-state index contributed by atoms with van der Waals surface area (Å²) in [4.78, 5) is 0. The molecule has 1 heteroatoms. The summed E-state index contributed by atoms with van der Waals surface area (Å²) < 4.78 is 5.92. The number of ether oxygens (including phenoxy) is 1. The van der Waals surface area contributed by atoms with Gasteiger partial charge in [0.1, 0.15) is 11.5 Å². The standard InChI is InChI=1S/C17H16O/c1-3-4-9-15-10-5-6-12-17(15)18-16-11-7-8-14(2)13-16/h1,5-8,10-13H,4,9H2,2H3. The van der Waals surface area contributed by atoms with Gasteiger partial charge in [-0.3, -0.25) is 0 Å². The van der Waals surface area contributed by atoms with Gasteiger partial charge < -0.3 is 4.74 Å². The van der Waals surface area contributed by atoms with E-state index in [0.29, 0.717) is 0 Å². The first-order valence-electron chi connectivity index (χ1n) is 6.05. The van der Waals surface area contributed by atoms with Crippen LogP contribution in [0, 0.1) is 19.3 Å². The topological polar surface area (TPSA) is 9.23 Å². The van der Waals surface area contributed by atoms with Crippen molar-refractivity contribution >= 4 is 0 Å². The Morgan fingerprint density at radius 2 is 1.94 bits per heavy atom. The molecule has 0 fully saturated rings. The lowest BCUT2D eigenvalue weighted by Gasteiger charge is -2.10. The van der Waals surface area contributed by atoms with E-state index in [9.17, 15) is 0 Å². The van der Waals surface area contributed by atoms with Gasteiger partial charge >= 0.3 is 0 Å². The van der Waals surface area contributed by atoms with Crippen molar-refractivity contribution in [3.63, 3.8) is 0 Å².